The number of quaternary nitrogens is 1. The molecule has 2 aromatic carbocycles. The number of aromatic nitrogens is 2. The largest absolute Gasteiger partial charge is 0.492 e. The number of hydrogen-bond acceptors (Lipinski definition) is 4. The van der Waals surface area contributed by atoms with E-state index < -0.39 is 0 Å². The summed E-state index contributed by atoms with van der Waals surface area (Å²) in [6, 6.07) is 15.9. The molecule has 3 aromatic rings. The molecule has 0 amide bonds. The Morgan fingerprint density at radius 2 is 1.86 bits per heavy atom. The van der Waals surface area contributed by atoms with Crippen LogP contribution in [-0.2, 0) is 0 Å². The van der Waals surface area contributed by atoms with Gasteiger partial charge in [-0.05, 0) is 38.1 Å². The number of piperazine rings is 1. The number of nitrogens with one attached hydrogen (secondary N) is 2. The van der Waals surface area contributed by atoms with Crippen molar-refractivity contribution in [2.75, 3.05) is 37.7 Å². The van der Waals surface area contributed by atoms with Crippen LogP contribution in [0.5, 0.6) is 5.75 Å². The summed E-state index contributed by atoms with van der Waals surface area (Å²) in [5.74, 6) is 1.71. The van der Waals surface area contributed by atoms with Gasteiger partial charge in [0.1, 0.15) is 11.8 Å². The Kier molecular flexibility index (Phi) is 5.30. The van der Waals surface area contributed by atoms with Crippen molar-refractivity contribution in [2.45, 2.75) is 19.9 Å². The number of para-hydroxylation sites is 3. The fraction of sp³-hybridized carbons (Fsp3) is 0.364. The summed E-state index contributed by atoms with van der Waals surface area (Å²) in [6.07, 6.45) is 0. The zero-order valence-corrected chi connectivity index (χ0v) is 16.4. The lowest BCUT2D eigenvalue weighted by molar-refractivity contribution is -0.930. The first-order chi connectivity index (χ1) is 13.7. The number of H-pyrrole nitrogens is 1. The number of benzene rings is 2. The third-order valence-corrected chi connectivity index (χ3v) is 5.57. The summed E-state index contributed by atoms with van der Waals surface area (Å²) in [5.41, 5.74) is 1.86. The van der Waals surface area contributed by atoms with E-state index in [4.69, 9.17) is 9.72 Å². The Morgan fingerprint density at radius 3 is 2.64 bits per heavy atom. The van der Waals surface area contributed by atoms with Gasteiger partial charge in [-0.1, -0.05) is 24.3 Å². The minimum atomic E-state index is -0.0591. The van der Waals surface area contributed by atoms with Crippen LogP contribution < -0.4 is 20.1 Å². The molecule has 0 aliphatic carbocycles. The number of fused-ring (bicyclic) bond motifs is 1. The Balaban J connectivity index is 1.49. The quantitative estimate of drug-likeness (QED) is 0.710. The number of ether oxygens (including phenoxy) is 1. The van der Waals surface area contributed by atoms with Gasteiger partial charge in [-0.25, -0.2) is 4.98 Å². The molecule has 0 radical (unpaired) electrons. The highest BCUT2D eigenvalue weighted by molar-refractivity contribution is 5.77. The van der Waals surface area contributed by atoms with Gasteiger partial charge in [0.25, 0.3) is 5.56 Å². The maximum absolute atomic E-state index is 12.4. The molecule has 1 aliphatic heterocycles. The van der Waals surface area contributed by atoms with Crippen molar-refractivity contribution in [3.8, 4) is 5.75 Å². The van der Waals surface area contributed by atoms with Gasteiger partial charge < -0.3 is 19.5 Å². The molecule has 2 N–H and O–H groups in total. The molecule has 4 rings (SSSR count). The molecule has 1 atom stereocenters. The smallest absolute Gasteiger partial charge is 0.258 e. The van der Waals surface area contributed by atoms with Crippen LogP contribution in [0.3, 0.4) is 0 Å². The average Bonchev–Trinajstić information content (AvgIpc) is 2.74. The highest BCUT2D eigenvalue weighted by Crippen LogP contribution is 2.28. The Morgan fingerprint density at radius 1 is 1.14 bits per heavy atom. The van der Waals surface area contributed by atoms with Gasteiger partial charge in [0.05, 0.1) is 49.4 Å². The molecule has 0 unspecified atom stereocenters. The van der Waals surface area contributed by atoms with E-state index in [1.807, 2.05) is 43.3 Å². The SMILES string of the molecule is CCOc1ccccc1N1CC[NH+]([C@@H](C)c2nc3ccccc3c(=O)[nH]2)CC1. The van der Waals surface area contributed by atoms with E-state index >= 15 is 0 Å². The topological polar surface area (TPSA) is 62.7 Å². The zero-order chi connectivity index (χ0) is 19.5. The average molecular weight is 379 g/mol. The van der Waals surface area contributed by atoms with E-state index in [1.54, 1.807) is 0 Å². The lowest BCUT2D eigenvalue weighted by atomic mass is 10.1. The zero-order valence-electron chi connectivity index (χ0n) is 16.4. The van der Waals surface area contributed by atoms with Crippen molar-refractivity contribution in [3.63, 3.8) is 0 Å². The van der Waals surface area contributed by atoms with Crippen LogP contribution in [-0.4, -0.2) is 42.8 Å². The Hall–Kier alpha value is -2.86. The number of anilines is 1. The van der Waals surface area contributed by atoms with Gasteiger partial charge >= 0.3 is 0 Å². The fourth-order valence-electron chi connectivity index (χ4n) is 3.97. The van der Waals surface area contributed by atoms with Crippen LogP contribution in [0.1, 0.15) is 25.7 Å². The molecule has 1 aliphatic rings. The highest BCUT2D eigenvalue weighted by Gasteiger charge is 2.28. The van der Waals surface area contributed by atoms with Gasteiger partial charge in [-0.15, -0.1) is 0 Å². The predicted molar refractivity (Wildman–Crippen MR) is 111 cm³/mol. The van der Waals surface area contributed by atoms with Gasteiger partial charge in [0, 0.05) is 0 Å². The molecule has 0 saturated carbocycles. The molecule has 28 heavy (non-hydrogen) atoms. The molecule has 146 valence electrons. The first-order valence-electron chi connectivity index (χ1n) is 9.97. The van der Waals surface area contributed by atoms with Crippen molar-refractivity contribution >= 4 is 16.6 Å². The number of nitrogens with zero attached hydrogens (tertiary/aromatic N) is 2. The van der Waals surface area contributed by atoms with E-state index in [0.29, 0.717) is 12.0 Å². The summed E-state index contributed by atoms with van der Waals surface area (Å²) in [5, 5.41) is 0.644. The molecular formula is C22H27N4O2+. The van der Waals surface area contributed by atoms with Crippen molar-refractivity contribution in [1.29, 1.82) is 0 Å². The monoisotopic (exact) mass is 379 g/mol. The number of aromatic amines is 1. The van der Waals surface area contributed by atoms with E-state index in [2.05, 4.69) is 28.9 Å². The van der Waals surface area contributed by atoms with E-state index in [0.717, 1.165) is 49.0 Å². The summed E-state index contributed by atoms with van der Waals surface area (Å²) in [7, 11) is 0. The first-order valence-corrected chi connectivity index (χ1v) is 9.97. The minimum Gasteiger partial charge on any atom is -0.492 e. The maximum atomic E-state index is 12.4. The molecular weight excluding hydrogens is 352 g/mol. The van der Waals surface area contributed by atoms with Crippen LogP contribution in [0, 0.1) is 0 Å². The fourth-order valence-corrected chi connectivity index (χ4v) is 3.97. The normalized spacial score (nSPS) is 16.3. The molecule has 1 aromatic heterocycles. The number of hydrogen-bond donors (Lipinski definition) is 2. The van der Waals surface area contributed by atoms with E-state index in [9.17, 15) is 4.79 Å². The van der Waals surface area contributed by atoms with Gasteiger partial charge in [-0.3, -0.25) is 4.79 Å². The molecule has 2 heterocycles. The third kappa shape index (κ3) is 3.60. The molecule has 1 saturated heterocycles. The highest BCUT2D eigenvalue weighted by atomic mass is 16.5. The second kappa shape index (κ2) is 8.02. The van der Waals surface area contributed by atoms with Crippen LogP contribution >= 0.6 is 0 Å². The molecule has 0 spiro atoms. The van der Waals surface area contributed by atoms with Crippen LogP contribution in [0.4, 0.5) is 5.69 Å². The third-order valence-electron chi connectivity index (χ3n) is 5.57. The Labute approximate surface area is 164 Å². The van der Waals surface area contributed by atoms with Crippen molar-refractivity contribution < 1.29 is 9.64 Å². The van der Waals surface area contributed by atoms with Crippen molar-refractivity contribution in [3.05, 3.63) is 64.7 Å². The van der Waals surface area contributed by atoms with Gasteiger partial charge in [-0.2, -0.15) is 0 Å². The Bertz CT molecular complexity index is 1010. The maximum Gasteiger partial charge on any atom is 0.258 e. The first kappa shape index (κ1) is 18.5. The van der Waals surface area contributed by atoms with Crippen LogP contribution in [0.2, 0.25) is 0 Å². The molecule has 0 bridgehead atoms. The molecule has 6 nitrogen and oxygen atoms in total. The standard InChI is InChI=1S/C22H26N4O2/c1-3-28-20-11-7-6-10-19(20)26-14-12-25(13-15-26)16(2)21-23-18-9-5-4-8-17(18)22(27)24-21/h4-11,16H,3,12-15H2,1-2H3,(H,23,24,27)/p+1/t16-/m0/s1. The summed E-state index contributed by atoms with van der Waals surface area (Å²) in [4.78, 5) is 23.9. The summed E-state index contributed by atoms with van der Waals surface area (Å²) in [6.45, 7) is 8.68. The minimum absolute atomic E-state index is 0.0591. The number of rotatable bonds is 5. The van der Waals surface area contributed by atoms with Crippen molar-refractivity contribution in [2.24, 2.45) is 0 Å². The van der Waals surface area contributed by atoms with E-state index in [-0.39, 0.29) is 11.6 Å². The molecule has 1 fully saturated rings. The van der Waals surface area contributed by atoms with E-state index in [1.165, 1.54) is 4.90 Å². The second-order valence-electron chi connectivity index (χ2n) is 7.24. The van der Waals surface area contributed by atoms with Crippen LogP contribution in [0.15, 0.2) is 53.3 Å². The van der Waals surface area contributed by atoms with Gasteiger partial charge in [0.2, 0.25) is 0 Å². The summed E-state index contributed by atoms with van der Waals surface area (Å²) < 4.78 is 5.79. The lowest BCUT2D eigenvalue weighted by Crippen LogP contribution is -3.14. The summed E-state index contributed by atoms with van der Waals surface area (Å²) >= 11 is 0. The molecule has 6 heteroatoms. The van der Waals surface area contributed by atoms with Crippen LogP contribution in [0.25, 0.3) is 10.9 Å². The lowest BCUT2D eigenvalue weighted by Gasteiger charge is -2.36. The predicted octanol–water partition coefficient (Wildman–Crippen LogP) is 1.79. The van der Waals surface area contributed by atoms with Gasteiger partial charge in [0.15, 0.2) is 5.82 Å². The second-order valence-corrected chi connectivity index (χ2v) is 7.24. The van der Waals surface area contributed by atoms with Crippen molar-refractivity contribution in [1.82, 2.24) is 9.97 Å².